The summed E-state index contributed by atoms with van der Waals surface area (Å²) in [6.45, 7) is 2.70. The molecule has 2 rings (SSSR count). The Morgan fingerprint density at radius 2 is 2.29 bits per heavy atom. The third kappa shape index (κ3) is 1.21. The highest BCUT2D eigenvalue weighted by atomic mass is 16.5. The highest BCUT2D eigenvalue weighted by molar-refractivity contribution is 5.40. The number of benzene rings is 1. The molecule has 1 aliphatic rings. The molecule has 1 heterocycles. The summed E-state index contributed by atoms with van der Waals surface area (Å²) in [7, 11) is 0. The average molecular weight is 193 g/mol. The van der Waals surface area contributed by atoms with Gasteiger partial charge in [0.15, 0.2) is 0 Å². The number of hydrogen-bond donors (Lipinski definition) is 2. The molecule has 76 valence electrons. The number of rotatable bonds is 1. The first-order chi connectivity index (χ1) is 6.68. The molecule has 0 saturated carbocycles. The molecule has 0 radical (unpaired) electrons. The Hall–Kier alpha value is -1.06. The van der Waals surface area contributed by atoms with Crippen LogP contribution in [0.4, 0.5) is 0 Å². The third-order valence-electron chi connectivity index (χ3n) is 2.97. The van der Waals surface area contributed by atoms with Gasteiger partial charge in [-0.3, -0.25) is 0 Å². The lowest BCUT2D eigenvalue weighted by atomic mass is 9.80. The van der Waals surface area contributed by atoms with Crippen molar-refractivity contribution in [3.63, 3.8) is 0 Å². The maximum atomic E-state index is 10.4. The van der Waals surface area contributed by atoms with Crippen molar-refractivity contribution in [3.8, 4) is 5.75 Å². The summed E-state index contributed by atoms with van der Waals surface area (Å²) in [4.78, 5) is 0. The van der Waals surface area contributed by atoms with Crippen LogP contribution in [-0.2, 0) is 5.60 Å². The number of para-hydroxylation sites is 1. The molecule has 0 amide bonds. The topological polar surface area (TPSA) is 55.5 Å². The normalized spacial score (nSPS) is 30.6. The van der Waals surface area contributed by atoms with Crippen LogP contribution in [0, 0.1) is 5.92 Å². The summed E-state index contributed by atoms with van der Waals surface area (Å²) >= 11 is 0. The monoisotopic (exact) mass is 193 g/mol. The van der Waals surface area contributed by atoms with Crippen LogP contribution in [0.5, 0.6) is 5.75 Å². The fourth-order valence-corrected chi connectivity index (χ4v) is 1.88. The molecule has 3 heteroatoms. The van der Waals surface area contributed by atoms with Crippen molar-refractivity contribution in [2.24, 2.45) is 11.7 Å². The summed E-state index contributed by atoms with van der Waals surface area (Å²) < 4.78 is 5.52. The van der Waals surface area contributed by atoms with Gasteiger partial charge in [-0.25, -0.2) is 0 Å². The van der Waals surface area contributed by atoms with Crippen molar-refractivity contribution in [2.75, 3.05) is 13.2 Å². The van der Waals surface area contributed by atoms with Crippen LogP contribution in [0.1, 0.15) is 12.5 Å². The lowest BCUT2D eigenvalue weighted by Gasteiger charge is -2.38. The molecule has 2 unspecified atom stereocenters. The highest BCUT2D eigenvalue weighted by Gasteiger charge is 2.40. The molecule has 0 bridgehead atoms. The smallest absolute Gasteiger partial charge is 0.125 e. The second-order valence-electron chi connectivity index (χ2n) is 3.84. The predicted octanol–water partition coefficient (Wildman–Crippen LogP) is 0.861. The predicted molar refractivity (Wildman–Crippen MR) is 54.1 cm³/mol. The number of nitrogens with two attached hydrogens (primary N) is 1. The Kier molecular flexibility index (Phi) is 2.21. The Balaban J connectivity index is 2.52. The van der Waals surface area contributed by atoms with Crippen molar-refractivity contribution in [1.29, 1.82) is 0 Å². The fourth-order valence-electron chi connectivity index (χ4n) is 1.88. The Morgan fingerprint density at radius 1 is 1.57 bits per heavy atom. The van der Waals surface area contributed by atoms with Gasteiger partial charge in [0, 0.05) is 18.0 Å². The van der Waals surface area contributed by atoms with Crippen LogP contribution in [0.25, 0.3) is 0 Å². The number of fused-ring (bicyclic) bond motifs is 1. The summed E-state index contributed by atoms with van der Waals surface area (Å²) in [5.74, 6) is 0.779. The number of ether oxygens (including phenoxy) is 1. The zero-order valence-corrected chi connectivity index (χ0v) is 8.23. The van der Waals surface area contributed by atoms with Gasteiger partial charge in [-0.05, 0) is 6.07 Å². The maximum Gasteiger partial charge on any atom is 0.125 e. The quantitative estimate of drug-likeness (QED) is 0.695. The largest absolute Gasteiger partial charge is 0.493 e. The van der Waals surface area contributed by atoms with Gasteiger partial charge in [0.2, 0.25) is 0 Å². The van der Waals surface area contributed by atoms with Crippen LogP contribution in [0.2, 0.25) is 0 Å². The van der Waals surface area contributed by atoms with E-state index in [-0.39, 0.29) is 12.5 Å². The summed E-state index contributed by atoms with van der Waals surface area (Å²) in [5.41, 5.74) is 5.51. The zero-order valence-electron chi connectivity index (χ0n) is 8.23. The van der Waals surface area contributed by atoms with Crippen molar-refractivity contribution in [1.82, 2.24) is 0 Å². The lowest BCUT2D eigenvalue weighted by Crippen LogP contribution is -2.46. The highest BCUT2D eigenvalue weighted by Crippen LogP contribution is 2.39. The number of hydrogen-bond acceptors (Lipinski definition) is 3. The van der Waals surface area contributed by atoms with Gasteiger partial charge in [0.1, 0.15) is 11.4 Å². The van der Waals surface area contributed by atoms with E-state index < -0.39 is 5.60 Å². The van der Waals surface area contributed by atoms with Gasteiger partial charge in [-0.15, -0.1) is 0 Å². The minimum atomic E-state index is -0.936. The minimum Gasteiger partial charge on any atom is -0.493 e. The van der Waals surface area contributed by atoms with Gasteiger partial charge in [-0.2, -0.15) is 0 Å². The minimum absolute atomic E-state index is 0.0300. The molecule has 14 heavy (non-hydrogen) atoms. The Bertz CT molecular complexity index is 340. The summed E-state index contributed by atoms with van der Waals surface area (Å²) in [6.07, 6.45) is 0. The Morgan fingerprint density at radius 3 is 3.00 bits per heavy atom. The Labute approximate surface area is 83.5 Å². The number of aliphatic hydroxyl groups is 1. The van der Waals surface area contributed by atoms with E-state index in [1.54, 1.807) is 0 Å². The van der Waals surface area contributed by atoms with E-state index in [1.807, 2.05) is 31.2 Å². The fraction of sp³-hybridized carbons (Fsp3) is 0.455. The van der Waals surface area contributed by atoms with Crippen LogP contribution >= 0.6 is 0 Å². The van der Waals surface area contributed by atoms with E-state index in [2.05, 4.69) is 0 Å². The maximum absolute atomic E-state index is 10.4. The molecule has 0 spiro atoms. The van der Waals surface area contributed by atoms with Crippen molar-refractivity contribution in [3.05, 3.63) is 29.8 Å². The second-order valence-corrected chi connectivity index (χ2v) is 3.84. The molecule has 1 aromatic rings. The zero-order chi connectivity index (χ0) is 10.2. The molecule has 0 saturated heterocycles. The molecule has 0 aliphatic carbocycles. The van der Waals surface area contributed by atoms with Crippen molar-refractivity contribution in [2.45, 2.75) is 12.5 Å². The second kappa shape index (κ2) is 3.26. The van der Waals surface area contributed by atoms with Gasteiger partial charge in [0.25, 0.3) is 0 Å². The summed E-state index contributed by atoms with van der Waals surface area (Å²) in [5, 5.41) is 10.4. The van der Waals surface area contributed by atoms with Crippen molar-refractivity contribution >= 4 is 0 Å². The summed E-state index contributed by atoms with van der Waals surface area (Å²) in [6, 6.07) is 7.52. The first-order valence-corrected chi connectivity index (χ1v) is 4.83. The SMILES string of the molecule is CC1COc2ccccc2C1(O)CN. The van der Waals surface area contributed by atoms with Gasteiger partial charge in [-0.1, -0.05) is 25.1 Å². The molecule has 3 nitrogen and oxygen atoms in total. The van der Waals surface area contributed by atoms with Gasteiger partial charge >= 0.3 is 0 Å². The first-order valence-electron chi connectivity index (χ1n) is 4.83. The van der Waals surface area contributed by atoms with Gasteiger partial charge < -0.3 is 15.6 Å². The van der Waals surface area contributed by atoms with Gasteiger partial charge in [0.05, 0.1) is 6.61 Å². The molecular formula is C11H15NO2. The standard InChI is InChI=1S/C11H15NO2/c1-8-6-14-10-5-3-2-4-9(10)11(8,13)7-12/h2-5,8,13H,6-7,12H2,1H3. The van der Waals surface area contributed by atoms with Crippen LogP contribution in [-0.4, -0.2) is 18.3 Å². The third-order valence-corrected chi connectivity index (χ3v) is 2.97. The van der Waals surface area contributed by atoms with Crippen molar-refractivity contribution < 1.29 is 9.84 Å². The molecule has 0 aromatic heterocycles. The van der Waals surface area contributed by atoms with E-state index >= 15 is 0 Å². The van der Waals surface area contributed by atoms with E-state index in [9.17, 15) is 5.11 Å². The lowest BCUT2D eigenvalue weighted by molar-refractivity contribution is -0.0434. The first kappa shape index (κ1) is 9.49. The molecular weight excluding hydrogens is 178 g/mol. The van der Waals surface area contributed by atoms with E-state index in [0.29, 0.717) is 6.61 Å². The van der Waals surface area contributed by atoms with Crippen LogP contribution < -0.4 is 10.5 Å². The van der Waals surface area contributed by atoms with E-state index in [1.165, 1.54) is 0 Å². The average Bonchev–Trinajstić information content (AvgIpc) is 2.24. The molecule has 0 fully saturated rings. The molecule has 1 aromatic carbocycles. The van der Waals surface area contributed by atoms with E-state index in [4.69, 9.17) is 10.5 Å². The van der Waals surface area contributed by atoms with Crippen LogP contribution in [0.15, 0.2) is 24.3 Å². The van der Waals surface area contributed by atoms with Crippen LogP contribution in [0.3, 0.4) is 0 Å². The van der Waals surface area contributed by atoms with E-state index in [0.717, 1.165) is 11.3 Å². The molecule has 1 aliphatic heterocycles. The molecule has 3 N–H and O–H groups in total. The molecule has 2 atom stereocenters.